The Kier molecular flexibility index (Phi) is 6.55. The average molecular weight is 318 g/mol. The van der Waals surface area contributed by atoms with Crippen molar-refractivity contribution in [1.82, 2.24) is 10.3 Å². The highest BCUT2D eigenvalue weighted by atomic mass is 32.1. The van der Waals surface area contributed by atoms with Crippen LogP contribution in [0.4, 0.5) is 0 Å². The van der Waals surface area contributed by atoms with Crippen LogP contribution >= 0.6 is 11.3 Å². The van der Waals surface area contributed by atoms with Crippen molar-refractivity contribution >= 4 is 11.3 Å². The Labute approximate surface area is 137 Å². The van der Waals surface area contributed by atoms with Gasteiger partial charge in [0.05, 0.1) is 10.7 Å². The van der Waals surface area contributed by atoms with Gasteiger partial charge in [0.2, 0.25) is 0 Å². The zero-order chi connectivity index (χ0) is 15.9. The summed E-state index contributed by atoms with van der Waals surface area (Å²) in [6.07, 6.45) is 2.05. The zero-order valence-corrected chi connectivity index (χ0v) is 14.8. The van der Waals surface area contributed by atoms with E-state index in [9.17, 15) is 0 Å². The molecule has 2 aromatic rings. The van der Waals surface area contributed by atoms with Gasteiger partial charge in [-0.1, -0.05) is 12.1 Å². The Balaban J connectivity index is 1.94. The molecule has 0 amide bonds. The SMILES string of the molecule is COCCCNCCc1nc(-c2ccc(C)c(C)c2)c(C)s1. The van der Waals surface area contributed by atoms with E-state index in [1.807, 2.05) is 11.3 Å². The van der Waals surface area contributed by atoms with E-state index in [2.05, 4.69) is 44.3 Å². The van der Waals surface area contributed by atoms with Gasteiger partial charge in [0.15, 0.2) is 0 Å². The van der Waals surface area contributed by atoms with Crippen molar-refractivity contribution in [3.8, 4) is 11.3 Å². The molecule has 0 spiro atoms. The molecule has 0 aliphatic heterocycles. The van der Waals surface area contributed by atoms with Crippen LogP contribution in [0.2, 0.25) is 0 Å². The van der Waals surface area contributed by atoms with Crippen LogP contribution in [0, 0.1) is 20.8 Å². The number of nitrogens with one attached hydrogen (secondary N) is 1. The van der Waals surface area contributed by atoms with E-state index in [0.29, 0.717) is 0 Å². The van der Waals surface area contributed by atoms with Gasteiger partial charge in [0, 0.05) is 37.1 Å². The number of aryl methyl sites for hydroxylation is 3. The predicted octanol–water partition coefficient (Wildman–Crippen LogP) is 3.90. The first-order valence-corrected chi connectivity index (χ1v) is 8.67. The molecular formula is C18H26N2OS. The van der Waals surface area contributed by atoms with Crippen LogP contribution < -0.4 is 5.32 Å². The summed E-state index contributed by atoms with van der Waals surface area (Å²) in [5, 5.41) is 4.65. The lowest BCUT2D eigenvalue weighted by molar-refractivity contribution is 0.194. The maximum atomic E-state index is 5.04. The van der Waals surface area contributed by atoms with Crippen molar-refractivity contribution in [2.75, 3.05) is 26.8 Å². The Morgan fingerprint density at radius 1 is 1.14 bits per heavy atom. The quantitative estimate of drug-likeness (QED) is 0.750. The van der Waals surface area contributed by atoms with Gasteiger partial charge in [-0.05, 0) is 50.9 Å². The largest absolute Gasteiger partial charge is 0.385 e. The third kappa shape index (κ3) is 4.63. The van der Waals surface area contributed by atoms with Crippen LogP contribution in [0.25, 0.3) is 11.3 Å². The molecule has 22 heavy (non-hydrogen) atoms. The molecule has 1 aromatic heterocycles. The summed E-state index contributed by atoms with van der Waals surface area (Å²) in [5.41, 5.74) is 5.03. The molecule has 1 heterocycles. The van der Waals surface area contributed by atoms with E-state index < -0.39 is 0 Å². The van der Waals surface area contributed by atoms with Crippen molar-refractivity contribution in [2.45, 2.75) is 33.6 Å². The van der Waals surface area contributed by atoms with Gasteiger partial charge >= 0.3 is 0 Å². The van der Waals surface area contributed by atoms with Crippen molar-refractivity contribution < 1.29 is 4.74 Å². The summed E-state index contributed by atoms with van der Waals surface area (Å²) >= 11 is 1.81. The van der Waals surface area contributed by atoms with E-state index in [1.165, 1.54) is 26.6 Å². The molecule has 3 nitrogen and oxygen atoms in total. The fourth-order valence-corrected chi connectivity index (χ4v) is 3.33. The molecule has 1 aromatic carbocycles. The van der Waals surface area contributed by atoms with E-state index in [-0.39, 0.29) is 0 Å². The second kappa shape index (κ2) is 8.42. The second-order valence-electron chi connectivity index (χ2n) is 5.66. The van der Waals surface area contributed by atoms with Gasteiger partial charge in [0.25, 0.3) is 0 Å². The van der Waals surface area contributed by atoms with Crippen molar-refractivity contribution in [3.05, 3.63) is 39.2 Å². The molecule has 4 heteroatoms. The van der Waals surface area contributed by atoms with Gasteiger partial charge in [-0.25, -0.2) is 4.98 Å². The summed E-state index contributed by atoms with van der Waals surface area (Å²) < 4.78 is 5.04. The van der Waals surface area contributed by atoms with Crippen LogP contribution in [0.5, 0.6) is 0 Å². The first-order chi connectivity index (χ1) is 10.6. The third-order valence-corrected chi connectivity index (χ3v) is 4.87. The summed E-state index contributed by atoms with van der Waals surface area (Å²) in [6.45, 7) is 9.27. The minimum atomic E-state index is 0.820. The zero-order valence-electron chi connectivity index (χ0n) is 14.0. The maximum absolute atomic E-state index is 5.04. The number of hydrogen-bond donors (Lipinski definition) is 1. The maximum Gasteiger partial charge on any atom is 0.0948 e. The van der Waals surface area contributed by atoms with Gasteiger partial charge in [-0.2, -0.15) is 0 Å². The minimum Gasteiger partial charge on any atom is -0.385 e. The lowest BCUT2D eigenvalue weighted by Gasteiger charge is -2.04. The molecule has 0 fully saturated rings. The molecule has 120 valence electrons. The molecule has 0 unspecified atom stereocenters. The number of nitrogens with zero attached hydrogens (tertiary/aromatic N) is 1. The van der Waals surface area contributed by atoms with Gasteiger partial charge in [-0.3, -0.25) is 0 Å². The Morgan fingerprint density at radius 2 is 1.95 bits per heavy atom. The summed E-state index contributed by atoms with van der Waals surface area (Å²) in [4.78, 5) is 6.14. The Hall–Kier alpha value is -1.23. The van der Waals surface area contributed by atoms with Gasteiger partial charge in [0.1, 0.15) is 0 Å². The van der Waals surface area contributed by atoms with Crippen molar-refractivity contribution in [2.24, 2.45) is 0 Å². The second-order valence-corrected chi connectivity index (χ2v) is 6.95. The van der Waals surface area contributed by atoms with Crippen LogP contribution in [0.1, 0.15) is 27.4 Å². The van der Waals surface area contributed by atoms with E-state index >= 15 is 0 Å². The predicted molar refractivity (Wildman–Crippen MR) is 94.8 cm³/mol. The Morgan fingerprint density at radius 3 is 2.68 bits per heavy atom. The Bertz CT molecular complexity index is 607. The third-order valence-electron chi connectivity index (χ3n) is 3.84. The fraction of sp³-hybridized carbons (Fsp3) is 0.500. The monoisotopic (exact) mass is 318 g/mol. The van der Waals surface area contributed by atoms with Crippen LogP contribution in [0.15, 0.2) is 18.2 Å². The van der Waals surface area contributed by atoms with E-state index in [1.54, 1.807) is 7.11 Å². The van der Waals surface area contributed by atoms with Crippen molar-refractivity contribution in [1.29, 1.82) is 0 Å². The average Bonchev–Trinajstić information content (AvgIpc) is 2.87. The first kappa shape index (κ1) is 17.1. The molecule has 0 saturated carbocycles. The van der Waals surface area contributed by atoms with Crippen molar-refractivity contribution in [3.63, 3.8) is 0 Å². The minimum absolute atomic E-state index is 0.820. The number of methoxy groups -OCH3 is 1. The van der Waals surface area contributed by atoms with Gasteiger partial charge < -0.3 is 10.1 Å². The normalized spacial score (nSPS) is 11.1. The van der Waals surface area contributed by atoms with Gasteiger partial charge in [-0.15, -0.1) is 11.3 Å². The molecule has 0 radical (unpaired) electrons. The van der Waals surface area contributed by atoms with Crippen LogP contribution in [0.3, 0.4) is 0 Å². The van der Waals surface area contributed by atoms with Crippen LogP contribution in [-0.4, -0.2) is 31.8 Å². The lowest BCUT2D eigenvalue weighted by atomic mass is 10.0. The molecule has 1 N–H and O–H groups in total. The summed E-state index contributed by atoms with van der Waals surface area (Å²) in [7, 11) is 1.74. The van der Waals surface area contributed by atoms with Crippen LogP contribution in [-0.2, 0) is 11.2 Å². The highest BCUT2D eigenvalue weighted by molar-refractivity contribution is 7.12. The number of hydrogen-bond acceptors (Lipinski definition) is 4. The number of ether oxygens (including phenoxy) is 1. The standard InChI is InChI=1S/C18H26N2OS/c1-13-6-7-16(12-14(13)2)18-15(3)22-17(20-18)8-10-19-9-5-11-21-4/h6-7,12,19H,5,8-11H2,1-4H3. The first-order valence-electron chi connectivity index (χ1n) is 7.85. The molecule has 0 aliphatic carbocycles. The van der Waals surface area contributed by atoms with E-state index in [4.69, 9.17) is 9.72 Å². The molecule has 0 atom stereocenters. The molecule has 0 aliphatic rings. The highest BCUT2D eigenvalue weighted by Gasteiger charge is 2.10. The number of aromatic nitrogens is 1. The molecular weight excluding hydrogens is 292 g/mol. The highest BCUT2D eigenvalue weighted by Crippen LogP contribution is 2.28. The topological polar surface area (TPSA) is 34.1 Å². The number of benzene rings is 1. The molecule has 2 rings (SSSR count). The molecule has 0 bridgehead atoms. The summed E-state index contributed by atoms with van der Waals surface area (Å²) in [6, 6.07) is 6.60. The lowest BCUT2D eigenvalue weighted by Crippen LogP contribution is -2.19. The molecule has 0 saturated heterocycles. The fourth-order valence-electron chi connectivity index (χ4n) is 2.38. The number of rotatable bonds is 8. The summed E-state index contributed by atoms with van der Waals surface area (Å²) in [5.74, 6) is 0. The van der Waals surface area contributed by atoms with E-state index in [0.717, 1.165) is 38.2 Å². The smallest absolute Gasteiger partial charge is 0.0948 e. The number of thiazole rings is 1.